The van der Waals surface area contributed by atoms with Crippen LogP contribution in [0.3, 0.4) is 0 Å². The minimum absolute atomic E-state index is 0.0172. The monoisotopic (exact) mass is 454 g/mol. The zero-order valence-electron chi connectivity index (χ0n) is 18.8. The lowest BCUT2D eigenvalue weighted by molar-refractivity contribution is 0.109. The highest BCUT2D eigenvalue weighted by molar-refractivity contribution is 7.22. The predicted octanol–water partition coefficient (Wildman–Crippen LogP) is 4.78. The number of benzene rings is 2. The number of nitrogens with zero attached hydrogens (tertiary/aromatic N) is 2. The summed E-state index contributed by atoms with van der Waals surface area (Å²) in [6.07, 6.45) is 8.51. The molecule has 32 heavy (non-hydrogen) atoms. The number of phenols is 2. The first-order chi connectivity index (χ1) is 15.5. The minimum Gasteiger partial charge on any atom is -0.504 e. The second-order valence-corrected chi connectivity index (χ2v) is 9.80. The number of nitrogens with two attached hydrogens (primary N) is 1. The summed E-state index contributed by atoms with van der Waals surface area (Å²) in [6, 6.07) is 10.3. The summed E-state index contributed by atoms with van der Waals surface area (Å²) in [6.45, 7) is 4.13. The molecule has 0 spiro atoms. The van der Waals surface area contributed by atoms with Gasteiger partial charge in [-0.3, -0.25) is 5.43 Å². The summed E-state index contributed by atoms with van der Waals surface area (Å²) in [5.74, 6) is 0.0407. The first kappa shape index (κ1) is 22.8. The van der Waals surface area contributed by atoms with E-state index < -0.39 is 0 Å². The topological polar surface area (TPSA) is 94.6 Å². The molecule has 1 aliphatic carbocycles. The summed E-state index contributed by atoms with van der Waals surface area (Å²) in [7, 11) is 0. The largest absolute Gasteiger partial charge is 0.504 e. The van der Waals surface area contributed by atoms with E-state index in [1.807, 2.05) is 6.07 Å². The zero-order chi connectivity index (χ0) is 22.5. The lowest BCUT2D eigenvalue weighted by atomic mass is 9.87. The Bertz CT molecular complexity index is 1050. The van der Waals surface area contributed by atoms with E-state index in [4.69, 9.17) is 5.73 Å². The van der Waals surface area contributed by atoms with Gasteiger partial charge in [-0.1, -0.05) is 49.7 Å². The molecule has 7 heteroatoms. The molecule has 0 saturated carbocycles. The first-order valence-corrected chi connectivity index (χ1v) is 12.5. The van der Waals surface area contributed by atoms with Crippen molar-refractivity contribution in [3.63, 3.8) is 0 Å². The van der Waals surface area contributed by atoms with Crippen molar-refractivity contribution in [1.29, 1.82) is 0 Å². The van der Waals surface area contributed by atoms with Gasteiger partial charge in [0, 0.05) is 24.7 Å². The molecule has 0 saturated heterocycles. The predicted molar refractivity (Wildman–Crippen MR) is 132 cm³/mol. The van der Waals surface area contributed by atoms with E-state index in [-0.39, 0.29) is 11.5 Å². The number of nitrogens with one attached hydrogen (secondary N) is 1. The van der Waals surface area contributed by atoms with Crippen LogP contribution in [-0.4, -0.2) is 39.3 Å². The van der Waals surface area contributed by atoms with Gasteiger partial charge in [-0.05, 0) is 61.4 Å². The highest BCUT2D eigenvalue weighted by Crippen LogP contribution is 2.36. The van der Waals surface area contributed by atoms with Crippen LogP contribution >= 0.6 is 11.3 Å². The summed E-state index contributed by atoms with van der Waals surface area (Å²) in [5, 5.41) is 23.1. The summed E-state index contributed by atoms with van der Waals surface area (Å²) >= 11 is 1.54. The van der Waals surface area contributed by atoms with E-state index in [0.717, 1.165) is 60.1 Å². The third kappa shape index (κ3) is 5.34. The molecule has 0 amide bonds. The molecule has 0 aliphatic heterocycles. The van der Waals surface area contributed by atoms with Gasteiger partial charge in [-0.25, -0.2) is 9.99 Å². The second kappa shape index (κ2) is 10.5. The number of fused-ring (bicyclic) bond motifs is 2. The maximum Gasteiger partial charge on any atom is 0.181 e. The molecule has 5 N–H and O–H groups in total. The summed E-state index contributed by atoms with van der Waals surface area (Å²) in [4.78, 5) is 4.34. The number of aromatic hydroxyl groups is 2. The Balaban J connectivity index is 1.39. The zero-order valence-corrected chi connectivity index (χ0v) is 19.6. The number of aromatic nitrogens is 1. The third-order valence-corrected chi connectivity index (χ3v) is 7.28. The molecule has 1 aromatic heterocycles. The van der Waals surface area contributed by atoms with Gasteiger partial charge in [0.05, 0.1) is 10.2 Å². The normalized spacial score (nSPS) is 16.0. The fourth-order valence-electron chi connectivity index (χ4n) is 4.65. The maximum absolute atomic E-state index is 10.2. The van der Waals surface area contributed by atoms with Crippen LogP contribution in [0, 0.1) is 0 Å². The number of rotatable bonds is 10. The molecule has 172 valence electrons. The van der Waals surface area contributed by atoms with Gasteiger partial charge in [0.2, 0.25) is 0 Å². The van der Waals surface area contributed by atoms with Crippen LogP contribution in [0.5, 0.6) is 11.5 Å². The lowest BCUT2D eigenvalue weighted by Gasteiger charge is -2.36. The van der Waals surface area contributed by atoms with E-state index in [9.17, 15) is 10.2 Å². The van der Waals surface area contributed by atoms with E-state index >= 15 is 0 Å². The average Bonchev–Trinajstić information content (AvgIpc) is 3.17. The molecule has 1 aliphatic rings. The Labute approximate surface area is 194 Å². The molecule has 0 bridgehead atoms. The van der Waals surface area contributed by atoms with Crippen LogP contribution in [0.4, 0.5) is 5.13 Å². The molecular weight excluding hydrogens is 420 g/mol. The quantitative estimate of drug-likeness (QED) is 0.200. The van der Waals surface area contributed by atoms with Gasteiger partial charge in [0.25, 0.3) is 0 Å². The molecule has 1 atom stereocenters. The Morgan fingerprint density at radius 3 is 2.91 bits per heavy atom. The van der Waals surface area contributed by atoms with Gasteiger partial charge < -0.3 is 15.9 Å². The Hall–Kier alpha value is -2.35. The number of phenolic OH excluding ortho intramolecular Hbond substituents is 2. The molecule has 1 heterocycles. The Morgan fingerprint density at radius 2 is 2.06 bits per heavy atom. The number of unbranched alkanes of at least 4 members (excludes halogenated alkanes) is 3. The average molecular weight is 455 g/mol. The van der Waals surface area contributed by atoms with Crippen LogP contribution in [0.25, 0.3) is 10.2 Å². The van der Waals surface area contributed by atoms with Crippen molar-refractivity contribution in [2.24, 2.45) is 0 Å². The van der Waals surface area contributed by atoms with Crippen LogP contribution < -0.4 is 11.2 Å². The van der Waals surface area contributed by atoms with E-state index in [1.165, 1.54) is 42.6 Å². The van der Waals surface area contributed by atoms with Crippen molar-refractivity contribution >= 4 is 26.7 Å². The van der Waals surface area contributed by atoms with Crippen LogP contribution in [0.1, 0.15) is 55.7 Å². The van der Waals surface area contributed by atoms with Gasteiger partial charge in [-0.2, -0.15) is 0 Å². The highest BCUT2D eigenvalue weighted by Gasteiger charge is 2.26. The number of hydrazine groups is 1. The number of nitrogen functional groups attached to an aromatic ring is 1. The van der Waals surface area contributed by atoms with Crippen molar-refractivity contribution in [1.82, 2.24) is 15.4 Å². The van der Waals surface area contributed by atoms with Gasteiger partial charge >= 0.3 is 0 Å². The summed E-state index contributed by atoms with van der Waals surface area (Å²) in [5.41, 5.74) is 13.9. The Kier molecular flexibility index (Phi) is 7.50. The van der Waals surface area contributed by atoms with Crippen molar-refractivity contribution in [3.8, 4) is 11.5 Å². The van der Waals surface area contributed by atoms with E-state index in [1.54, 1.807) is 6.07 Å². The van der Waals surface area contributed by atoms with Crippen LogP contribution in [0.15, 0.2) is 30.3 Å². The van der Waals surface area contributed by atoms with Crippen LogP contribution in [-0.2, 0) is 19.3 Å². The first-order valence-electron chi connectivity index (χ1n) is 11.7. The van der Waals surface area contributed by atoms with Crippen molar-refractivity contribution in [2.45, 2.75) is 64.3 Å². The van der Waals surface area contributed by atoms with Gasteiger partial charge in [0.15, 0.2) is 16.6 Å². The molecule has 2 aromatic carbocycles. The maximum atomic E-state index is 10.2. The fraction of sp³-hybridized carbons (Fsp3) is 0.480. The van der Waals surface area contributed by atoms with E-state index in [2.05, 4.69) is 40.5 Å². The minimum atomic E-state index is -0.0172. The SMILES string of the molecule is CCCCCCN(NCCc1ccc2nc(N)sc2c1)C1CCc2c(ccc(O)c2O)C1. The van der Waals surface area contributed by atoms with Gasteiger partial charge in [-0.15, -0.1) is 0 Å². The van der Waals surface area contributed by atoms with Gasteiger partial charge in [0.1, 0.15) is 0 Å². The number of hydrogen-bond acceptors (Lipinski definition) is 7. The fourth-order valence-corrected chi connectivity index (χ4v) is 5.45. The molecule has 4 rings (SSSR count). The standard InChI is InChI=1S/C25H34N4O2S/c1-2-3-4-5-14-29(19-8-9-20-18(16-19)7-11-22(30)24(20)31)27-13-12-17-6-10-21-23(15-17)32-25(26)28-21/h6-7,10-11,15,19,27,30-31H,2-5,8-9,12-14,16H2,1H3,(H2,26,28). The second-order valence-electron chi connectivity index (χ2n) is 8.73. The molecule has 3 aromatic rings. The molecule has 1 unspecified atom stereocenters. The van der Waals surface area contributed by atoms with Crippen LogP contribution in [0.2, 0.25) is 0 Å². The van der Waals surface area contributed by atoms with E-state index in [0.29, 0.717) is 11.2 Å². The summed E-state index contributed by atoms with van der Waals surface area (Å²) < 4.78 is 1.14. The van der Waals surface area contributed by atoms with Crippen molar-refractivity contribution < 1.29 is 10.2 Å². The van der Waals surface area contributed by atoms with Crippen molar-refractivity contribution in [3.05, 3.63) is 47.0 Å². The molecular formula is C25H34N4O2S. The molecule has 0 fully saturated rings. The molecule has 6 nitrogen and oxygen atoms in total. The lowest BCUT2D eigenvalue weighted by Crippen LogP contribution is -2.49. The third-order valence-electron chi connectivity index (χ3n) is 6.43. The van der Waals surface area contributed by atoms with Crippen molar-refractivity contribution in [2.75, 3.05) is 18.8 Å². The Morgan fingerprint density at radius 1 is 1.19 bits per heavy atom. The number of thiazole rings is 1. The molecule has 0 radical (unpaired) electrons. The highest BCUT2D eigenvalue weighted by atomic mass is 32.1. The smallest absolute Gasteiger partial charge is 0.181 e. The number of hydrogen-bond donors (Lipinski definition) is 4. The number of anilines is 1.